The molecule has 0 aliphatic rings. The predicted octanol–water partition coefficient (Wildman–Crippen LogP) is 2.31. The van der Waals surface area contributed by atoms with Gasteiger partial charge in [-0.3, -0.25) is 4.72 Å². The molecule has 0 aliphatic carbocycles. The van der Waals surface area contributed by atoms with E-state index in [1.165, 1.54) is 0 Å². The molecule has 2 rings (SSSR count). The fourth-order valence-corrected chi connectivity index (χ4v) is 2.23. The zero-order valence-corrected chi connectivity index (χ0v) is 10.7. The van der Waals surface area contributed by atoms with E-state index < -0.39 is 10.0 Å². The number of rotatable bonds is 3. The normalized spacial score (nSPS) is 11.2. The zero-order chi connectivity index (χ0) is 13.2. The zero-order valence-electron chi connectivity index (χ0n) is 9.92. The van der Waals surface area contributed by atoms with E-state index in [0.29, 0.717) is 11.4 Å². The smallest absolute Gasteiger partial charge is 0.229 e. The van der Waals surface area contributed by atoms with Crippen LogP contribution < -0.4 is 10.5 Å². The molecule has 0 aromatic heterocycles. The lowest BCUT2D eigenvalue weighted by atomic mass is 10.0. The molecule has 0 saturated heterocycles. The molecule has 0 atom stereocenters. The molecule has 2 aromatic rings. The van der Waals surface area contributed by atoms with Gasteiger partial charge in [-0.15, -0.1) is 0 Å². The predicted molar refractivity (Wildman–Crippen MR) is 74.8 cm³/mol. The first-order valence-corrected chi connectivity index (χ1v) is 7.27. The van der Waals surface area contributed by atoms with E-state index in [1.54, 1.807) is 12.1 Å². The Morgan fingerprint density at radius 1 is 1.00 bits per heavy atom. The molecular formula is C13H14N2O2S. The van der Waals surface area contributed by atoms with Crippen LogP contribution in [-0.4, -0.2) is 14.7 Å². The summed E-state index contributed by atoms with van der Waals surface area (Å²) in [6, 6.07) is 15.0. The summed E-state index contributed by atoms with van der Waals surface area (Å²) < 4.78 is 24.9. The third-order valence-electron chi connectivity index (χ3n) is 2.46. The second kappa shape index (κ2) is 4.70. The molecular weight excluding hydrogens is 248 g/mol. The van der Waals surface area contributed by atoms with Crippen molar-refractivity contribution in [3.05, 3.63) is 48.5 Å². The molecule has 0 unspecified atom stereocenters. The lowest BCUT2D eigenvalue weighted by molar-refractivity contribution is 0.607. The minimum atomic E-state index is -3.33. The molecule has 0 radical (unpaired) electrons. The first-order valence-electron chi connectivity index (χ1n) is 5.38. The van der Waals surface area contributed by atoms with Crippen molar-refractivity contribution < 1.29 is 8.42 Å². The monoisotopic (exact) mass is 262 g/mol. The maximum Gasteiger partial charge on any atom is 0.229 e. The first-order chi connectivity index (χ1) is 8.46. The van der Waals surface area contributed by atoms with Crippen molar-refractivity contribution in [3.8, 4) is 11.1 Å². The molecule has 5 heteroatoms. The van der Waals surface area contributed by atoms with Gasteiger partial charge in [0.05, 0.1) is 17.6 Å². The van der Waals surface area contributed by atoms with Crippen LogP contribution in [0.2, 0.25) is 0 Å². The Morgan fingerprint density at radius 2 is 1.67 bits per heavy atom. The maximum atomic E-state index is 11.2. The molecule has 0 amide bonds. The Labute approximate surface area is 107 Å². The molecule has 0 spiro atoms. The summed E-state index contributed by atoms with van der Waals surface area (Å²) in [6.07, 6.45) is 1.10. The highest BCUT2D eigenvalue weighted by Crippen LogP contribution is 2.27. The SMILES string of the molecule is CS(=O)(=O)Nc1cc(-c2ccccc2)ccc1N. The van der Waals surface area contributed by atoms with Crippen LogP contribution in [0, 0.1) is 0 Å². The van der Waals surface area contributed by atoms with Crippen molar-refractivity contribution in [2.24, 2.45) is 0 Å². The van der Waals surface area contributed by atoms with Crippen LogP contribution in [0.15, 0.2) is 48.5 Å². The summed E-state index contributed by atoms with van der Waals surface area (Å²) >= 11 is 0. The van der Waals surface area contributed by atoms with E-state index in [1.807, 2.05) is 36.4 Å². The number of anilines is 2. The average Bonchev–Trinajstić information content (AvgIpc) is 2.31. The van der Waals surface area contributed by atoms with E-state index in [4.69, 9.17) is 5.73 Å². The minimum absolute atomic E-state index is 0.402. The van der Waals surface area contributed by atoms with Gasteiger partial charge >= 0.3 is 0 Å². The molecule has 0 heterocycles. The molecule has 0 bridgehead atoms. The number of sulfonamides is 1. The van der Waals surface area contributed by atoms with Crippen LogP contribution in [-0.2, 0) is 10.0 Å². The molecule has 2 aromatic carbocycles. The maximum absolute atomic E-state index is 11.2. The van der Waals surface area contributed by atoms with Gasteiger partial charge in [0.15, 0.2) is 0 Å². The van der Waals surface area contributed by atoms with Crippen LogP contribution in [0.3, 0.4) is 0 Å². The Hall–Kier alpha value is -2.01. The highest BCUT2D eigenvalue weighted by Gasteiger charge is 2.07. The standard InChI is InChI=1S/C13H14N2O2S/c1-18(16,17)15-13-9-11(7-8-12(13)14)10-5-3-2-4-6-10/h2-9,15H,14H2,1H3. The van der Waals surface area contributed by atoms with Crippen molar-refractivity contribution in [1.82, 2.24) is 0 Å². The molecule has 4 nitrogen and oxygen atoms in total. The van der Waals surface area contributed by atoms with E-state index in [2.05, 4.69) is 4.72 Å². The van der Waals surface area contributed by atoms with Crippen LogP contribution in [0.5, 0.6) is 0 Å². The summed E-state index contributed by atoms with van der Waals surface area (Å²) in [4.78, 5) is 0. The molecule has 0 saturated carbocycles. The van der Waals surface area contributed by atoms with Crippen LogP contribution in [0.1, 0.15) is 0 Å². The summed E-state index contributed by atoms with van der Waals surface area (Å²) in [5, 5.41) is 0. The van der Waals surface area contributed by atoms with Gasteiger partial charge in [-0.2, -0.15) is 0 Å². The second-order valence-electron chi connectivity index (χ2n) is 4.04. The lowest BCUT2D eigenvalue weighted by Gasteiger charge is -2.10. The number of nitrogens with two attached hydrogens (primary N) is 1. The average molecular weight is 262 g/mol. The summed E-state index contributed by atoms with van der Waals surface area (Å²) in [7, 11) is -3.33. The van der Waals surface area contributed by atoms with Crippen molar-refractivity contribution >= 4 is 21.4 Å². The molecule has 18 heavy (non-hydrogen) atoms. The third kappa shape index (κ3) is 3.01. The second-order valence-corrected chi connectivity index (χ2v) is 5.79. The largest absolute Gasteiger partial charge is 0.397 e. The molecule has 0 aliphatic heterocycles. The van der Waals surface area contributed by atoms with Gasteiger partial charge in [0.2, 0.25) is 10.0 Å². The summed E-state index contributed by atoms with van der Waals surface area (Å²) in [5.41, 5.74) is 8.47. The fraction of sp³-hybridized carbons (Fsp3) is 0.0769. The Kier molecular flexibility index (Phi) is 3.25. The van der Waals surface area contributed by atoms with E-state index in [-0.39, 0.29) is 0 Å². The van der Waals surface area contributed by atoms with E-state index in [0.717, 1.165) is 17.4 Å². The number of benzene rings is 2. The van der Waals surface area contributed by atoms with E-state index >= 15 is 0 Å². The Balaban J connectivity index is 2.44. The summed E-state index contributed by atoms with van der Waals surface area (Å²) in [6.45, 7) is 0. The van der Waals surface area contributed by atoms with Crippen molar-refractivity contribution in [2.75, 3.05) is 16.7 Å². The number of hydrogen-bond donors (Lipinski definition) is 2. The lowest BCUT2D eigenvalue weighted by Crippen LogP contribution is -2.11. The van der Waals surface area contributed by atoms with Gasteiger partial charge in [0.1, 0.15) is 0 Å². The van der Waals surface area contributed by atoms with Crippen molar-refractivity contribution in [1.29, 1.82) is 0 Å². The Morgan fingerprint density at radius 3 is 2.28 bits per heavy atom. The fourth-order valence-electron chi connectivity index (χ4n) is 1.65. The van der Waals surface area contributed by atoms with Gasteiger partial charge < -0.3 is 5.73 Å². The van der Waals surface area contributed by atoms with E-state index in [9.17, 15) is 8.42 Å². The first kappa shape index (κ1) is 12.4. The number of nitrogen functional groups attached to an aromatic ring is 1. The van der Waals surface area contributed by atoms with Crippen LogP contribution >= 0.6 is 0 Å². The number of nitrogens with one attached hydrogen (secondary N) is 1. The van der Waals surface area contributed by atoms with Gasteiger partial charge in [-0.25, -0.2) is 8.42 Å². The molecule has 0 fully saturated rings. The topological polar surface area (TPSA) is 72.2 Å². The van der Waals surface area contributed by atoms with Crippen LogP contribution in [0.4, 0.5) is 11.4 Å². The molecule has 94 valence electrons. The highest BCUT2D eigenvalue weighted by atomic mass is 32.2. The van der Waals surface area contributed by atoms with Gasteiger partial charge in [0.25, 0.3) is 0 Å². The Bertz CT molecular complexity index is 652. The third-order valence-corrected chi connectivity index (χ3v) is 3.05. The number of hydrogen-bond acceptors (Lipinski definition) is 3. The van der Waals surface area contributed by atoms with Gasteiger partial charge in [-0.1, -0.05) is 36.4 Å². The summed E-state index contributed by atoms with van der Waals surface area (Å²) in [5.74, 6) is 0. The molecule has 3 N–H and O–H groups in total. The van der Waals surface area contributed by atoms with Gasteiger partial charge in [0, 0.05) is 0 Å². The van der Waals surface area contributed by atoms with Crippen molar-refractivity contribution in [3.63, 3.8) is 0 Å². The highest BCUT2D eigenvalue weighted by molar-refractivity contribution is 7.92. The van der Waals surface area contributed by atoms with Crippen LogP contribution in [0.25, 0.3) is 11.1 Å². The quantitative estimate of drug-likeness (QED) is 0.834. The van der Waals surface area contributed by atoms with Crippen molar-refractivity contribution in [2.45, 2.75) is 0 Å². The minimum Gasteiger partial charge on any atom is -0.397 e. The van der Waals surface area contributed by atoms with Gasteiger partial charge in [-0.05, 0) is 23.3 Å².